The van der Waals surface area contributed by atoms with Gasteiger partial charge in [0.05, 0.1) is 0 Å². The number of anilines is 1. The van der Waals surface area contributed by atoms with E-state index in [9.17, 15) is 9.59 Å². The highest BCUT2D eigenvalue weighted by molar-refractivity contribution is 6.06. The molecule has 16 heavy (non-hydrogen) atoms. The minimum Gasteiger partial charge on any atom is -0.319 e. The molecule has 1 radical (unpaired) electrons. The Balaban J connectivity index is 3.07. The third kappa shape index (κ3) is 2.73. The Labute approximate surface area is 94.0 Å². The number of carbonyl (C=O) groups excluding carboxylic acids is 2. The van der Waals surface area contributed by atoms with E-state index in [4.69, 9.17) is 11.5 Å². The quantitative estimate of drug-likeness (QED) is 0.692. The van der Waals surface area contributed by atoms with E-state index in [-0.39, 0.29) is 6.54 Å². The largest absolute Gasteiger partial charge is 0.391 e. The van der Waals surface area contributed by atoms with Gasteiger partial charge < -0.3 is 11.5 Å². The fourth-order valence-corrected chi connectivity index (χ4v) is 1.27. The zero-order valence-electron chi connectivity index (χ0n) is 9.09. The van der Waals surface area contributed by atoms with Gasteiger partial charge in [-0.3, -0.25) is 0 Å². The third-order valence-electron chi connectivity index (χ3n) is 2.05. The number of carbonyl (C=O) groups is 2. The van der Waals surface area contributed by atoms with E-state index in [0.717, 1.165) is 4.90 Å². The summed E-state index contributed by atoms with van der Waals surface area (Å²) in [6, 6.07) is 7.85. The maximum absolute atomic E-state index is 11.8. The molecule has 1 aromatic rings. The topological polar surface area (TPSA) is 92.1 Å². The van der Waals surface area contributed by atoms with Crippen molar-refractivity contribution in [1.82, 2.24) is 4.90 Å². The van der Waals surface area contributed by atoms with Crippen molar-refractivity contribution in [2.24, 2.45) is 11.5 Å². The molecule has 0 aliphatic rings. The SMILES string of the molecule is C[C@@H](N)C(=O)[N+](C(=O)CN)c1ccccc1. The fourth-order valence-electron chi connectivity index (χ4n) is 1.27. The molecule has 1 aromatic carbocycles. The van der Waals surface area contributed by atoms with Gasteiger partial charge in [-0.15, -0.1) is 0 Å². The molecule has 4 N–H and O–H groups in total. The molecule has 0 spiro atoms. The first-order valence-electron chi connectivity index (χ1n) is 4.95. The predicted molar refractivity (Wildman–Crippen MR) is 61.0 cm³/mol. The van der Waals surface area contributed by atoms with Gasteiger partial charge in [-0.2, -0.15) is 0 Å². The Kier molecular flexibility index (Phi) is 4.30. The summed E-state index contributed by atoms with van der Waals surface area (Å²) in [7, 11) is 0. The van der Waals surface area contributed by atoms with Crippen LogP contribution in [0.4, 0.5) is 5.69 Å². The zero-order valence-corrected chi connectivity index (χ0v) is 9.09. The maximum Gasteiger partial charge on any atom is 0.391 e. The van der Waals surface area contributed by atoms with Gasteiger partial charge in [0.15, 0.2) is 5.69 Å². The number of hydrogen-bond acceptors (Lipinski definition) is 4. The van der Waals surface area contributed by atoms with Crippen LogP contribution in [0.3, 0.4) is 0 Å². The standard InChI is InChI=1S/C11H15N3O2/c1-8(13)11(16)14(10(15)7-12)9-5-3-2-4-6-9/h2-6,8H,7,12-13H2,1H3/q+1/t8-/m1/s1. The maximum atomic E-state index is 11.8. The van der Waals surface area contributed by atoms with E-state index >= 15 is 0 Å². The van der Waals surface area contributed by atoms with Crippen LogP contribution in [0.5, 0.6) is 0 Å². The lowest BCUT2D eigenvalue weighted by atomic mass is 10.2. The summed E-state index contributed by atoms with van der Waals surface area (Å²) in [5.41, 5.74) is 11.2. The highest BCUT2D eigenvalue weighted by Gasteiger charge is 2.38. The predicted octanol–water partition coefficient (Wildman–Crippen LogP) is -0.183. The Morgan fingerprint density at radius 1 is 1.31 bits per heavy atom. The second kappa shape index (κ2) is 5.50. The van der Waals surface area contributed by atoms with Crippen LogP contribution in [0.15, 0.2) is 30.3 Å². The summed E-state index contributed by atoms with van der Waals surface area (Å²) in [5.74, 6) is -0.921. The van der Waals surface area contributed by atoms with Gasteiger partial charge in [-0.25, -0.2) is 9.59 Å². The van der Waals surface area contributed by atoms with Crippen LogP contribution in [-0.4, -0.2) is 24.4 Å². The molecule has 5 heteroatoms. The number of nitrogens with zero attached hydrogens (tertiary/aromatic N) is 1. The molecule has 0 saturated heterocycles. The molecule has 1 atom stereocenters. The molecule has 0 aliphatic heterocycles. The highest BCUT2D eigenvalue weighted by atomic mass is 16.2. The van der Waals surface area contributed by atoms with Gasteiger partial charge in [-0.1, -0.05) is 18.2 Å². The van der Waals surface area contributed by atoms with Gasteiger partial charge in [0.25, 0.3) is 0 Å². The molecule has 5 nitrogen and oxygen atoms in total. The molecule has 0 fully saturated rings. The first kappa shape index (κ1) is 12.5. The van der Waals surface area contributed by atoms with Gasteiger partial charge in [0, 0.05) is 17.0 Å². The van der Waals surface area contributed by atoms with Crippen molar-refractivity contribution in [2.75, 3.05) is 6.54 Å². The summed E-state index contributed by atoms with van der Waals surface area (Å²) in [4.78, 5) is 24.4. The van der Waals surface area contributed by atoms with Crippen molar-refractivity contribution < 1.29 is 9.59 Å². The van der Waals surface area contributed by atoms with E-state index in [1.807, 2.05) is 0 Å². The summed E-state index contributed by atoms with van der Waals surface area (Å²) >= 11 is 0. The lowest BCUT2D eigenvalue weighted by molar-refractivity contribution is -0.134. The summed E-state index contributed by atoms with van der Waals surface area (Å²) in [6.07, 6.45) is 0. The number of imide groups is 1. The molecule has 1 rings (SSSR count). The van der Waals surface area contributed by atoms with E-state index < -0.39 is 17.9 Å². The van der Waals surface area contributed by atoms with E-state index in [1.54, 1.807) is 30.3 Å². The Morgan fingerprint density at radius 3 is 2.31 bits per heavy atom. The normalized spacial score (nSPS) is 12.5. The van der Waals surface area contributed by atoms with Crippen molar-refractivity contribution in [3.05, 3.63) is 30.3 Å². The number of para-hydroxylation sites is 1. The van der Waals surface area contributed by atoms with E-state index in [2.05, 4.69) is 0 Å². The van der Waals surface area contributed by atoms with Gasteiger partial charge in [-0.05, 0) is 6.92 Å². The smallest absolute Gasteiger partial charge is 0.319 e. The minimum atomic E-state index is -0.740. The average molecular weight is 221 g/mol. The average Bonchev–Trinajstić information content (AvgIpc) is 2.30. The molecule has 0 bridgehead atoms. The molecule has 2 amide bonds. The third-order valence-corrected chi connectivity index (χ3v) is 2.05. The number of amides is 2. The van der Waals surface area contributed by atoms with Crippen molar-refractivity contribution in [3.8, 4) is 0 Å². The Morgan fingerprint density at radius 2 is 1.88 bits per heavy atom. The van der Waals surface area contributed by atoms with Crippen LogP contribution >= 0.6 is 0 Å². The molecular weight excluding hydrogens is 206 g/mol. The molecule has 0 aliphatic carbocycles. The summed E-state index contributed by atoms with van der Waals surface area (Å²) in [5, 5.41) is 0. The van der Waals surface area contributed by atoms with Gasteiger partial charge in [0.1, 0.15) is 12.6 Å². The van der Waals surface area contributed by atoms with Crippen LogP contribution in [0.2, 0.25) is 0 Å². The number of benzene rings is 1. The lowest BCUT2D eigenvalue weighted by Crippen LogP contribution is -2.48. The molecule has 0 saturated carbocycles. The van der Waals surface area contributed by atoms with Crippen molar-refractivity contribution in [2.45, 2.75) is 13.0 Å². The Hall–Kier alpha value is -1.56. The van der Waals surface area contributed by atoms with Crippen molar-refractivity contribution >= 4 is 17.5 Å². The number of nitrogens with two attached hydrogens (primary N) is 2. The fraction of sp³-hybridized carbons (Fsp3) is 0.273. The van der Waals surface area contributed by atoms with Crippen LogP contribution in [0.25, 0.3) is 0 Å². The van der Waals surface area contributed by atoms with E-state index in [0.29, 0.717) is 5.69 Å². The van der Waals surface area contributed by atoms with Crippen molar-refractivity contribution in [3.63, 3.8) is 0 Å². The lowest BCUT2D eigenvalue weighted by Gasteiger charge is -2.08. The number of rotatable bonds is 3. The first-order valence-corrected chi connectivity index (χ1v) is 4.95. The van der Waals surface area contributed by atoms with Crippen LogP contribution in [0, 0.1) is 0 Å². The second-order valence-corrected chi connectivity index (χ2v) is 3.40. The minimum absolute atomic E-state index is 0.229. The molecule has 85 valence electrons. The molecular formula is C11H15N3O2+. The van der Waals surface area contributed by atoms with Crippen LogP contribution < -0.4 is 16.4 Å². The van der Waals surface area contributed by atoms with Gasteiger partial charge in [0.2, 0.25) is 0 Å². The second-order valence-electron chi connectivity index (χ2n) is 3.40. The van der Waals surface area contributed by atoms with Gasteiger partial charge >= 0.3 is 11.8 Å². The molecule has 0 aromatic heterocycles. The molecule has 0 heterocycles. The highest BCUT2D eigenvalue weighted by Crippen LogP contribution is 2.13. The summed E-state index contributed by atoms with van der Waals surface area (Å²) in [6.45, 7) is 1.30. The van der Waals surface area contributed by atoms with Crippen LogP contribution in [0.1, 0.15) is 6.92 Å². The van der Waals surface area contributed by atoms with E-state index in [1.165, 1.54) is 6.92 Å². The molecule has 0 unspecified atom stereocenters. The van der Waals surface area contributed by atoms with Crippen molar-refractivity contribution in [1.29, 1.82) is 0 Å². The van der Waals surface area contributed by atoms with Crippen LogP contribution in [-0.2, 0) is 9.59 Å². The monoisotopic (exact) mass is 221 g/mol. The first-order chi connectivity index (χ1) is 7.57. The Bertz CT molecular complexity index is 376. The summed E-state index contributed by atoms with van der Waals surface area (Å²) < 4.78 is 0. The number of hydrogen-bond donors (Lipinski definition) is 2. The zero-order chi connectivity index (χ0) is 12.1.